The van der Waals surface area contributed by atoms with E-state index in [-0.39, 0.29) is 24.8 Å². The molecule has 0 amide bonds. The Labute approximate surface area is 90.3 Å². The molecule has 0 aliphatic carbocycles. The summed E-state index contributed by atoms with van der Waals surface area (Å²) >= 11 is 0. The van der Waals surface area contributed by atoms with Crippen molar-refractivity contribution >= 4 is 11.6 Å². The smallest absolute Gasteiger partial charge is 0.133 e. The minimum Gasteiger partial charge on any atom is -0.396 e. The van der Waals surface area contributed by atoms with Crippen LogP contribution in [0.25, 0.3) is 0 Å². The zero-order valence-electron chi connectivity index (χ0n) is 9.07. The number of hydrogen-bond donors (Lipinski definition) is 2. The van der Waals surface area contributed by atoms with E-state index in [1.807, 2.05) is 0 Å². The van der Waals surface area contributed by atoms with Crippen molar-refractivity contribution in [2.75, 3.05) is 13.2 Å². The maximum Gasteiger partial charge on any atom is 0.133 e. The summed E-state index contributed by atoms with van der Waals surface area (Å²) in [4.78, 5) is 22.3. The third kappa shape index (κ3) is 9.56. The van der Waals surface area contributed by atoms with Gasteiger partial charge in [-0.2, -0.15) is 0 Å². The fraction of sp³-hybridized carbons (Fsp3) is 0.818. The van der Waals surface area contributed by atoms with Crippen molar-refractivity contribution in [3.8, 4) is 0 Å². The van der Waals surface area contributed by atoms with Crippen LogP contribution in [0, 0.1) is 0 Å². The van der Waals surface area contributed by atoms with Crippen molar-refractivity contribution in [2.24, 2.45) is 0 Å². The van der Waals surface area contributed by atoms with Gasteiger partial charge in [-0.15, -0.1) is 0 Å². The number of ketones is 2. The molecule has 4 heteroatoms. The largest absolute Gasteiger partial charge is 0.396 e. The first kappa shape index (κ1) is 14.3. The van der Waals surface area contributed by atoms with Gasteiger partial charge in [0, 0.05) is 38.9 Å². The third-order valence-electron chi connectivity index (χ3n) is 2.14. The number of carbonyl (C=O) groups excluding carboxylic acids is 2. The molecule has 0 aliphatic rings. The van der Waals surface area contributed by atoms with E-state index in [1.54, 1.807) is 0 Å². The SMILES string of the molecule is O=C(CCCO)CCCC(=O)CCCO. The van der Waals surface area contributed by atoms with Crippen molar-refractivity contribution in [3.05, 3.63) is 0 Å². The molecular weight excluding hydrogens is 196 g/mol. The average Bonchev–Trinajstić information content (AvgIpc) is 2.23. The number of rotatable bonds is 10. The van der Waals surface area contributed by atoms with Gasteiger partial charge in [0.2, 0.25) is 0 Å². The molecule has 15 heavy (non-hydrogen) atoms. The highest BCUT2D eigenvalue weighted by atomic mass is 16.3. The molecular formula is C11H20O4. The van der Waals surface area contributed by atoms with Gasteiger partial charge in [-0.1, -0.05) is 0 Å². The maximum absolute atomic E-state index is 11.1. The lowest BCUT2D eigenvalue weighted by Gasteiger charge is -2.00. The van der Waals surface area contributed by atoms with Crippen LogP contribution in [0.3, 0.4) is 0 Å². The molecule has 0 aromatic rings. The summed E-state index contributed by atoms with van der Waals surface area (Å²) in [6, 6.07) is 0. The van der Waals surface area contributed by atoms with Crippen molar-refractivity contribution in [3.63, 3.8) is 0 Å². The summed E-state index contributed by atoms with van der Waals surface area (Å²) in [6.07, 6.45) is 3.27. The van der Waals surface area contributed by atoms with Crippen LogP contribution in [-0.2, 0) is 9.59 Å². The fourth-order valence-corrected chi connectivity index (χ4v) is 1.29. The van der Waals surface area contributed by atoms with E-state index >= 15 is 0 Å². The van der Waals surface area contributed by atoms with E-state index in [0.717, 1.165) is 0 Å². The molecule has 0 spiro atoms. The Morgan fingerprint density at radius 3 is 1.33 bits per heavy atom. The van der Waals surface area contributed by atoms with Gasteiger partial charge in [-0.3, -0.25) is 9.59 Å². The van der Waals surface area contributed by atoms with Gasteiger partial charge in [0.25, 0.3) is 0 Å². The number of aliphatic hydroxyl groups excluding tert-OH is 2. The van der Waals surface area contributed by atoms with Crippen LogP contribution in [0.5, 0.6) is 0 Å². The Morgan fingerprint density at radius 1 is 0.667 bits per heavy atom. The average molecular weight is 216 g/mol. The summed E-state index contributed by atoms with van der Waals surface area (Å²) < 4.78 is 0. The summed E-state index contributed by atoms with van der Waals surface area (Å²) in [5, 5.41) is 17.0. The lowest BCUT2D eigenvalue weighted by Crippen LogP contribution is -2.03. The van der Waals surface area contributed by atoms with Gasteiger partial charge >= 0.3 is 0 Å². The highest BCUT2D eigenvalue weighted by molar-refractivity contribution is 5.81. The van der Waals surface area contributed by atoms with Gasteiger partial charge in [-0.05, 0) is 19.3 Å². The van der Waals surface area contributed by atoms with Crippen molar-refractivity contribution in [1.82, 2.24) is 0 Å². The second-order valence-corrected chi connectivity index (χ2v) is 3.59. The molecule has 0 atom stereocenters. The Morgan fingerprint density at radius 2 is 1.00 bits per heavy atom. The second-order valence-electron chi connectivity index (χ2n) is 3.59. The molecule has 0 radical (unpaired) electrons. The van der Waals surface area contributed by atoms with E-state index in [9.17, 15) is 9.59 Å². The molecule has 0 aromatic carbocycles. The number of aliphatic hydroxyl groups is 2. The lowest BCUT2D eigenvalue weighted by molar-refractivity contribution is -0.120. The molecule has 0 bridgehead atoms. The van der Waals surface area contributed by atoms with Crippen molar-refractivity contribution in [2.45, 2.75) is 44.9 Å². The van der Waals surface area contributed by atoms with Crippen LogP contribution in [0.1, 0.15) is 44.9 Å². The van der Waals surface area contributed by atoms with Crippen LogP contribution in [-0.4, -0.2) is 35.0 Å². The highest BCUT2D eigenvalue weighted by Crippen LogP contribution is 2.04. The van der Waals surface area contributed by atoms with Gasteiger partial charge in [0.1, 0.15) is 11.6 Å². The zero-order chi connectivity index (χ0) is 11.5. The Bertz CT molecular complexity index is 169. The first-order valence-electron chi connectivity index (χ1n) is 5.45. The Balaban J connectivity index is 3.36. The third-order valence-corrected chi connectivity index (χ3v) is 2.14. The predicted molar refractivity (Wildman–Crippen MR) is 56.5 cm³/mol. The minimum atomic E-state index is 0.0428. The fourth-order valence-electron chi connectivity index (χ4n) is 1.29. The van der Waals surface area contributed by atoms with E-state index in [0.29, 0.717) is 44.9 Å². The molecule has 0 aliphatic heterocycles. The maximum atomic E-state index is 11.1. The first-order chi connectivity index (χ1) is 7.20. The van der Waals surface area contributed by atoms with Gasteiger partial charge in [0.15, 0.2) is 0 Å². The van der Waals surface area contributed by atoms with Gasteiger partial charge < -0.3 is 10.2 Å². The standard InChI is InChI=1S/C11H20O4/c12-8-2-6-10(14)4-1-5-11(15)7-3-9-13/h12-13H,1-9H2. The van der Waals surface area contributed by atoms with Crippen LogP contribution in [0.2, 0.25) is 0 Å². The van der Waals surface area contributed by atoms with E-state index < -0.39 is 0 Å². The molecule has 2 N–H and O–H groups in total. The van der Waals surface area contributed by atoms with Gasteiger partial charge in [0.05, 0.1) is 0 Å². The number of hydrogen-bond acceptors (Lipinski definition) is 4. The summed E-state index contributed by atoms with van der Waals surface area (Å²) in [7, 11) is 0. The van der Waals surface area contributed by atoms with Crippen LogP contribution < -0.4 is 0 Å². The molecule has 0 aromatic heterocycles. The molecule has 4 nitrogen and oxygen atoms in total. The van der Waals surface area contributed by atoms with Gasteiger partial charge in [-0.25, -0.2) is 0 Å². The monoisotopic (exact) mass is 216 g/mol. The number of Topliss-reactive ketones (excluding diaryl/α,β-unsaturated/α-hetero) is 2. The Hall–Kier alpha value is -0.740. The topological polar surface area (TPSA) is 74.6 Å². The molecule has 0 heterocycles. The van der Waals surface area contributed by atoms with E-state index in [2.05, 4.69) is 0 Å². The highest BCUT2D eigenvalue weighted by Gasteiger charge is 2.05. The number of carbonyl (C=O) groups is 2. The lowest BCUT2D eigenvalue weighted by atomic mass is 10.1. The van der Waals surface area contributed by atoms with Crippen LogP contribution >= 0.6 is 0 Å². The molecule has 0 rings (SSSR count). The Kier molecular flexibility index (Phi) is 9.32. The zero-order valence-corrected chi connectivity index (χ0v) is 9.07. The molecule has 0 saturated heterocycles. The normalized spacial score (nSPS) is 10.3. The predicted octanol–water partition coefficient (Wildman–Crippen LogP) is 0.840. The van der Waals surface area contributed by atoms with E-state index in [1.165, 1.54) is 0 Å². The van der Waals surface area contributed by atoms with Crippen molar-refractivity contribution in [1.29, 1.82) is 0 Å². The molecule has 0 unspecified atom stereocenters. The van der Waals surface area contributed by atoms with E-state index in [4.69, 9.17) is 10.2 Å². The van der Waals surface area contributed by atoms with Crippen LogP contribution in [0.15, 0.2) is 0 Å². The summed E-state index contributed by atoms with van der Waals surface area (Å²) in [6.45, 7) is 0.0857. The van der Waals surface area contributed by atoms with Crippen molar-refractivity contribution < 1.29 is 19.8 Å². The second kappa shape index (κ2) is 9.80. The minimum absolute atomic E-state index is 0.0428. The molecule has 0 saturated carbocycles. The first-order valence-corrected chi connectivity index (χ1v) is 5.45. The molecule has 0 fully saturated rings. The van der Waals surface area contributed by atoms with Crippen LogP contribution in [0.4, 0.5) is 0 Å². The summed E-state index contributed by atoms with van der Waals surface area (Å²) in [5.74, 6) is 0.220. The summed E-state index contributed by atoms with van der Waals surface area (Å²) in [5.41, 5.74) is 0. The quantitative estimate of drug-likeness (QED) is 0.567. The molecule has 88 valence electrons.